The first-order valence-corrected chi connectivity index (χ1v) is 7.53. The van der Waals surface area contributed by atoms with Gasteiger partial charge in [0.15, 0.2) is 0 Å². The monoisotopic (exact) mass is 296 g/mol. The predicted octanol–water partition coefficient (Wildman–Crippen LogP) is 2.77. The molecule has 2 aromatic rings. The third-order valence-electron chi connectivity index (χ3n) is 2.66. The van der Waals surface area contributed by atoms with Crippen LogP contribution in [0.25, 0.3) is 0 Å². The molecule has 1 aromatic heterocycles. The molecule has 0 aliphatic heterocycles. The van der Waals surface area contributed by atoms with Crippen molar-refractivity contribution in [3.8, 4) is 0 Å². The largest absolute Gasteiger partial charge is 0.265 e. The van der Waals surface area contributed by atoms with Crippen molar-refractivity contribution in [2.45, 2.75) is 17.9 Å². The van der Waals surface area contributed by atoms with Crippen molar-refractivity contribution < 1.29 is 8.42 Å². The zero-order valence-electron chi connectivity index (χ0n) is 10.2. The highest BCUT2D eigenvalue weighted by molar-refractivity contribution is 7.89. The minimum atomic E-state index is -3.55. The van der Waals surface area contributed by atoms with Gasteiger partial charge >= 0.3 is 0 Å². The van der Waals surface area contributed by atoms with Crippen LogP contribution < -0.4 is 4.72 Å². The van der Waals surface area contributed by atoms with Crippen LogP contribution in [0.2, 0.25) is 5.02 Å². The third kappa shape index (κ3) is 3.53. The lowest BCUT2D eigenvalue weighted by Crippen LogP contribution is -2.26. The summed E-state index contributed by atoms with van der Waals surface area (Å²) in [6.07, 6.45) is 3.25. The molecular formula is C13H13ClN2O2S. The number of hydrogen-bond acceptors (Lipinski definition) is 3. The van der Waals surface area contributed by atoms with Crippen LogP contribution in [-0.2, 0) is 10.0 Å². The van der Waals surface area contributed by atoms with Crippen LogP contribution in [0.5, 0.6) is 0 Å². The van der Waals surface area contributed by atoms with Gasteiger partial charge in [-0.1, -0.05) is 11.6 Å². The van der Waals surface area contributed by atoms with Gasteiger partial charge in [-0.3, -0.25) is 4.98 Å². The number of benzene rings is 1. The van der Waals surface area contributed by atoms with E-state index in [1.165, 1.54) is 12.1 Å². The molecule has 0 radical (unpaired) electrons. The molecule has 1 aromatic carbocycles. The Bertz CT molecular complexity index is 642. The van der Waals surface area contributed by atoms with E-state index in [2.05, 4.69) is 9.71 Å². The van der Waals surface area contributed by atoms with Gasteiger partial charge in [-0.25, -0.2) is 13.1 Å². The smallest absolute Gasteiger partial charge is 0.241 e. The zero-order chi connectivity index (χ0) is 13.9. The molecule has 0 saturated carbocycles. The number of pyridine rings is 1. The maximum absolute atomic E-state index is 12.2. The summed E-state index contributed by atoms with van der Waals surface area (Å²) in [4.78, 5) is 4.09. The van der Waals surface area contributed by atoms with Crippen molar-refractivity contribution in [1.82, 2.24) is 9.71 Å². The van der Waals surface area contributed by atoms with E-state index >= 15 is 0 Å². The van der Waals surface area contributed by atoms with Crippen LogP contribution in [0.4, 0.5) is 0 Å². The van der Waals surface area contributed by atoms with Crippen LogP contribution in [0.1, 0.15) is 18.5 Å². The summed E-state index contributed by atoms with van der Waals surface area (Å²) in [5.74, 6) is 0. The van der Waals surface area contributed by atoms with Gasteiger partial charge in [0.2, 0.25) is 10.0 Å². The number of sulfonamides is 1. The quantitative estimate of drug-likeness (QED) is 0.944. The summed E-state index contributed by atoms with van der Waals surface area (Å²) in [6.45, 7) is 1.78. The first-order valence-electron chi connectivity index (χ1n) is 5.67. The maximum Gasteiger partial charge on any atom is 0.241 e. The topological polar surface area (TPSA) is 59.1 Å². The molecule has 4 nitrogen and oxygen atoms in total. The molecule has 0 amide bonds. The summed E-state index contributed by atoms with van der Waals surface area (Å²) in [5, 5.41) is 0.501. The molecule has 1 heterocycles. The highest BCUT2D eigenvalue weighted by Crippen LogP contribution is 2.18. The molecule has 0 aliphatic carbocycles. The van der Waals surface area contributed by atoms with E-state index < -0.39 is 10.0 Å². The summed E-state index contributed by atoms with van der Waals surface area (Å²) in [5.41, 5.74) is 0.854. The highest BCUT2D eigenvalue weighted by Gasteiger charge is 2.17. The van der Waals surface area contributed by atoms with E-state index in [0.717, 1.165) is 5.56 Å². The lowest BCUT2D eigenvalue weighted by molar-refractivity contribution is 0.567. The lowest BCUT2D eigenvalue weighted by Gasteiger charge is -2.14. The van der Waals surface area contributed by atoms with Gasteiger partial charge in [-0.15, -0.1) is 0 Å². The number of halogens is 1. The fourth-order valence-electron chi connectivity index (χ4n) is 1.63. The van der Waals surface area contributed by atoms with Gasteiger partial charge in [0.25, 0.3) is 0 Å². The van der Waals surface area contributed by atoms with Crippen molar-refractivity contribution in [3.63, 3.8) is 0 Å². The Kier molecular flexibility index (Phi) is 4.19. The molecule has 0 aliphatic rings. The second kappa shape index (κ2) is 5.69. The number of aromatic nitrogens is 1. The Balaban J connectivity index is 2.20. The Morgan fingerprint density at radius 1 is 1.11 bits per heavy atom. The van der Waals surface area contributed by atoms with Crippen molar-refractivity contribution >= 4 is 21.6 Å². The number of hydrogen-bond donors (Lipinski definition) is 1. The number of rotatable bonds is 4. The standard InChI is InChI=1S/C13H13ClN2O2S/c1-10(11-6-8-15-9-7-11)16-19(17,18)13-4-2-12(14)3-5-13/h2-10,16H,1H3/t10-/m1/s1. The molecule has 0 bridgehead atoms. The van der Waals surface area contributed by atoms with Crippen LogP contribution in [0.3, 0.4) is 0 Å². The summed E-state index contributed by atoms with van der Waals surface area (Å²) in [6, 6.07) is 9.27. The van der Waals surface area contributed by atoms with Gasteiger partial charge < -0.3 is 0 Å². The highest BCUT2D eigenvalue weighted by atomic mass is 35.5. The molecule has 1 atom stereocenters. The second-order valence-corrected chi connectivity index (χ2v) is 6.23. The maximum atomic E-state index is 12.2. The fourth-order valence-corrected chi connectivity index (χ4v) is 2.99. The predicted molar refractivity (Wildman–Crippen MR) is 74.4 cm³/mol. The van der Waals surface area contributed by atoms with E-state index in [4.69, 9.17) is 11.6 Å². The fraction of sp³-hybridized carbons (Fsp3) is 0.154. The van der Waals surface area contributed by atoms with Crippen LogP contribution in [0.15, 0.2) is 53.7 Å². The normalized spacial score (nSPS) is 13.2. The first kappa shape index (κ1) is 14.0. The minimum absolute atomic E-state index is 0.192. The minimum Gasteiger partial charge on any atom is -0.265 e. The van der Waals surface area contributed by atoms with E-state index in [-0.39, 0.29) is 10.9 Å². The van der Waals surface area contributed by atoms with Crippen molar-refractivity contribution in [1.29, 1.82) is 0 Å². The molecule has 0 spiro atoms. The first-order chi connectivity index (χ1) is 8.99. The molecular weight excluding hydrogens is 284 g/mol. The summed E-state index contributed by atoms with van der Waals surface area (Å²) in [7, 11) is -3.55. The Hall–Kier alpha value is -1.43. The SMILES string of the molecule is C[C@@H](NS(=O)(=O)c1ccc(Cl)cc1)c1ccncc1. The van der Waals surface area contributed by atoms with Crippen molar-refractivity contribution in [2.24, 2.45) is 0 Å². The van der Waals surface area contributed by atoms with Gasteiger partial charge in [0.1, 0.15) is 0 Å². The Labute approximate surface area is 117 Å². The number of nitrogens with zero attached hydrogens (tertiary/aromatic N) is 1. The third-order valence-corrected chi connectivity index (χ3v) is 4.47. The average molecular weight is 297 g/mol. The molecule has 0 saturated heterocycles. The van der Waals surface area contributed by atoms with Gasteiger partial charge in [0.05, 0.1) is 4.90 Å². The van der Waals surface area contributed by atoms with E-state index in [0.29, 0.717) is 5.02 Å². The summed E-state index contributed by atoms with van der Waals surface area (Å²) < 4.78 is 26.9. The van der Waals surface area contributed by atoms with Gasteiger partial charge in [0, 0.05) is 23.5 Å². The van der Waals surface area contributed by atoms with Crippen LogP contribution in [-0.4, -0.2) is 13.4 Å². The molecule has 2 rings (SSSR count). The van der Waals surface area contributed by atoms with E-state index in [1.54, 1.807) is 43.6 Å². The van der Waals surface area contributed by atoms with Crippen molar-refractivity contribution in [2.75, 3.05) is 0 Å². The Morgan fingerprint density at radius 2 is 1.68 bits per heavy atom. The molecule has 19 heavy (non-hydrogen) atoms. The molecule has 0 fully saturated rings. The zero-order valence-corrected chi connectivity index (χ0v) is 11.8. The average Bonchev–Trinajstić information content (AvgIpc) is 2.40. The Morgan fingerprint density at radius 3 is 2.26 bits per heavy atom. The van der Waals surface area contributed by atoms with Gasteiger partial charge in [-0.2, -0.15) is 0 Å². The number of nitrogens with one attached hydrogen (secondary N) is 1. The second-order valence-electron chi connectivity index (χ2n) is 4.08. The van der Waals surface area contributed by atoms with Crippen molar-refractivity contribution in [3.05, 3.63) is 59.4 Å². The van der Waals surface area contributed by atoms with E-state index in [9.17, 15) is 8.42 Å². The molecule has 6 heteroatoms. The van der Waals surface area contributed by atoms with E-state index in [1.807, 2.05) is 0 Å². The van der Waals surface area contributed by atoms with Crippen LogP contribution in [0, 0.1) is 0 Å². The van der Waals surface area contributed by atoms with Gasteiger partial charge in [-0.05, 0) is 48.9 Å². The van der Waals surface area contributed by atoms with Crippen LogP contribution >= 0.6 is 11.6 Å². The summed E-state index contributed by atoms with van der Waals surface area (Å²) >= 11 is 5.74. The molecule has 0 unspecified atom stereocenters. The molecule has 100 valence electrons. The lowest BCUT2D eigenvalue weighted by atomic mass is 10.1. The molecule has 1 N–H and O–H groups in total.